The van der Waals surface area contributed by atoms with E-state index in [0.717, 1.165) is 0 Å². The molecule has 0 spiro atoms. The fourth-order valence-electron chi connectivity index (χ4n) is 2.40. The van der Waals surface area contributed by atoms with E-state index in [2.05, 4.69) is 4.98 Å². The number of nitrogens with two attached hydrogens (primary N) is 1. The smallest absolute Gasteiger partial charge is 0.326 e. The first-order valence-electron chi connectivity index (χ1n) is 7.06. The number of hydrogen-bond acceptors (Lipinski definition) is 5. The predicted molar refractivity (Wildman–Crippen MR) is 82.4 cm³/mol. The third-order valence-corrected chi connectivity index (χ3v) is 3.74. The van der Waals surface area contributed by atoms with E-state index in [1.807, 2.05) is 6.92 Å². The average Bonchev–Trinajstić information content (AvgIpc) is 2.89. The van der Waals surface area contributed by atoms with Crippen molar-refractivity contribution in [3.05, 3.63) is 18.0 Å². The lowest BCUT2D eigenvalue weighted by atomic mass is 10.2. The summed E-state index contributed by atoms with van der Waals surface area (Å²) in [7, 11) is 3.07. The predicted octanol–water partition coefficient (Wildman–Crippen LogP) is 2.11. The first-order valence-corrected chi connectivity index (χ1v) is 7.06. The van der Waals surface area contributed by atoms with Crippen molar-refractivity contribution < 1.29 is 19.4 Å². The van der Waals surface area contributed by atoms with E-state index in [1.54, 1.807) is 30.7 Å². The molecule has 0 radical (unpaired) electrons. The third-order valence-electron chi connectivity index (χ3n) is 3.74. The van der Waals surface area contributed by atoms with Crippen molar-refractivity contribution in [2.24, 2.45) is 5.73 Å². The van der Waals surface area contributed by atoms with Gasteiger partial charge in [-0.3, -0.25) is 0 Å². The fraction of sp³-hybridized carbons (Fsp3) is 0.467. The van der Waals surface area contributed by atoms with Crippen LogP contribution in [0.2, 0.25) is 0 Å². The molecule has 22 heavy (non-hydrogen) atoms. The van der Waals surface area contributed by atoms with Gasteiger partial charge in [-0.1, -0.05) is 6.92 Å². The number of carbonyl (C=O) groups is 1. The van der Waals surface area contributed by atoms with Crippen LogP contribution in [-0.2, 0) is 4.79 Å². The maximum Gasteiger partial charge on any atom is 0.326 e. The van der Waals surface area contributed by atoms with Crippen LogP contribution in [0.1, 0.15) is 38.2 Å². The van der Waals surface area contributed by atoms with Gasteiger partial charge in [0.2, 0.25) is 0 Å². The molecule has 120 valence electrons. The van der Waals surface area contributed by atoms with Gasteiger partial charge in [-0.15, -0.1) is 0 Å². The van der Waals surface area contributed by atoms with E-state index < -0.39 is 12.0 Å². The summed E-state index contributed by atoms with van der Waals surface area (Å²) in [6.07, 6.45) is 0.657. The molecule has 2 unspecified atom stereocenters. The van der Waals surface area contributed by atoms with E-state index in [9.17, 15) is 9.90 Å². The summed E-state index contributed by atoms with van der Waals surface area (Å²) in [4.78, 5) is 15.9. The summed E-state index contributed by atoms with van der Waals surface area (Å²) in [5, 5.41) is 9.37. The van der Waals surface area contributed by atoms with Crippen molar-refractivity contribution >= 4 is 17.0 Å². The van der Waals surface area contributed by atoms with Crippen LogP contribution in [0.4, 0.5) is 0 Å². The Morgan fingerprint density at radius 3 is 2.45 bits per heavy atom. The Labute approximate surface area is 128 Å². The number of benzene rings is 1. The molecular formula is C15H21N3O4. The van der Waals surface area contributed by atoms with E-state index in [-0.39, 0.29) is 6.04 Å². The van der Waals surface area contributed by atoms with Gasteiger partial charge in [0.05, 0.1) is 31.3 Å². The van der Waals surface area contributed by atoms with Crippen LogP contribution in [0.3, 0.4) is 0 Å². The Morgan fingerprint density at radius 1 is 1.36 bits per heavy atom. The lowest BCUT2D eigenvalue weighted by molar-refractivity contribution is -0.140. The summed E-state index contributed by atoms with van der Waals surface area (Å²) >= 11 is 0. The summed E-state index contributed by atoms with van der Waals surface area (Å²) < 4.78 is 12.2. The standard InChI is InChI=1S/C15H21N3O4/c1-5-9(16)14-17-10-6-12(21-3)13(22-4)7-11(10)18(14)8(2)15(19)20/h6-9H,5,16H2,1-4H3,(H,19,20). The first-order chi connectivity index (χ1) is 10.4. The largest absolute Gasteiger partial charge is 0.493 e. The molecule has 0 aliphatic heterocycles. The molecule has 0 aliphatic rings. The minimum atomic E-state index is -0.946. The fourth-order valence-corrected chi connectivity index (χ4v) is 2.40. The lowest BCUT2D eigenvalue weighted by Gasteiger charge is -2.17. The van der Waals surface area contributed by atoms with Crippen LogP contribution in [0.5, 0.6) is 11.5 Å². The Bertz CT molecular complexity index is 696. The monoisotopic (exact) mass is 307 g/mol. The van der Waals surface area contributed by atoms with Gasteiger partial charge >= 0.3 is 5.97 Å². The Morgan fingerprint density at radius 2 is 1.95 bits per heavy atom. The van der Waals surface area contributed by atoms with Gasteiger partial charge in [0.15, 0.2) is 11.5 Å². The Hall–Kier alpha value is -2.28. The number of fused-ring (bicyclic) bond motifs is 1. The number of methoxy groups -OCH3 is 2. The molecule has 0 aliphatic carbocycles. The number of imidazole rings is 1. The molecule has 0 amide bonds. The van der Waals surface area contributed by atoms with Crippen molar-refractivity contribution in [1.82, 2.24) is 9.55 Å². The second-order valence-corrected chi connectivity index (χ2v) is 5.06. The van der Waals surface area contributed by atoms with Crippen LogP contribution in [-0.4, -0.2) is 34.8 Å². The molecule has 3 N–H and O–H groups in total. The van der Waals surface area contributed by atoms with Gasteiger partial charge < -0.3 is 24.9 Å². The number of carboxylic acids is 1. The highest BCUT2D eigenvalue weighted by Crippen LogP contribution is 2.35. The highest BCUT2D eigenvalue weighted by atomic mass is 16.5. The Balaban J connectivity index is 2.78. The average molecular weight is 307 g/mol. The number of nitrogens with zero attached hydrogens (tertiary/aromatic N) is 2. The number of ether oxygens (including phenoxy) is 2. The second-order valence-electron chi connectivity index (χ2n) is 5.06. The zero-order valence-electron chi connectivity index (χ0n) is 13.2. The van der Waals surface area contributed by atoms with Crippen LogP contribution < -0.4 is 15.2 Å². The molecule has 2 atom stereocenters. The molecule has 1 aromatic heterocycles. The first kappa shape index (κ1) is 16.1. The minimum Gasteiger partial charge on any atom is -0.493 e. The number of hydrogen-bond donors (Lipinski definition) is 2. The molecule has 0 saturated carbocycles. The maximum absolute atomic E-state index is 11.4. The molecule has 0 fully saturated rings. The second kappa shape index (κ2) is 6.23. The molecule has 7 heteroatoms. The summed E-state index contributed by atoms with van der Waals surface area (Å²) in [5.74, 6) is 0.658. The van der Waals surface area contributed by atoms with Crippen molar-refractivity contribution in [3.8, 4) is 11.5 Å². The maximum atomic E-state index is 11.4. The normalized spacial score (nSPS) is 13.9. The minimum absolute atomic E-state index is 0.341. The van der Waals surface area contributed by atoms with Crippen molar-refractivity contribution in [2.45, 2.75) is 32.4 Å². The number of aliphatic carboxylic acids is 1. The van der Waals surface area contributed by atoms with Gasteiger partial charge in [0, 0.05) is 12.1 Å². The van der Waals surface area contributed by atoms with E-state index in [1.165, 1.54) is 7.11 Å². The van der Waals surface area contributed by atoms with Crippen molar-refractivity contribution in [3.63, 3.8) is 0 Å². The molecule has 1 heterocycles. The SMILES string of the molecule is CCC(N)c1nc2cc(OC)c(OC)cc2n1C(C)C(=O)O. The van der Waals surface area contributed by atoms with Gasteiger partial charge in [0.25, 0.3) is 0 Å². The molecule has 0 saturated heterocycles. The van der Waals surface area contributed by atoms with Crippen molar-refractivity contribution in [1.29, 1.82) is 0 Å². The van der Waals surface area contributed by atoms with Crippen LogP contribution >= 0.6 is 0 Å². The van der Waals surface area contributed by atoms with E-state index in [0.29, 0.717) is 34.8 Å². The quantitative estimate of drug-likeness (QED) is 0.848. The topological polar surface area (TPSA) is 99.6 Å². The lowest BCUT2D eigenvalue weighted by Crippen LogP contribution is -2.22. The molecule has 2 rings (SSSR count). The molecular weight excluding hydrogens is 286 g/mol. The van der Waals surface area contributed by atoms with Gasteiger partial charge in [-0.05, 0) is 13.3 Å². The van der Waals surface area contributed by atoms with Crippen LogP contribution in [0.15, 0.2) is 12.1 Å². The zero-order valence-corrected chi connectivity index (χ0v) is 13.2. The van der Waals surface area contributed by atoms with Gasteiger partial charge in [-0.25, -0.2) is 9.78 Å². The number of carboxylic acid groups (broad SMARTS) is 1. The van der Waals surface area contributed by atoms with Gasteiger partial charge in [0.1, 0.15) is 11.9 Å². The molecule has 7 nitrogen and oxygen atoms in total. The Kier molecular flexibility index (Phi) is 4.56. The summed E-state index contributed by atoms with van der Waals surface area (Å²) in [6, 6.07) is 2.33. The zero-order chi connectivity index (χ0) is 16.4. The third kappa shape index (κ3) is 2.59. The molecule has 0 bridgehead atoms. The molecule has 2 aromatic rings. The number of rotatable bonds is 6. The highest BCUT2D eigenvalue weighted by Gasteiger charge is 2.25. The highest BCUT2D eigenvalue weighted by molar-refractivity contribution is 5.83. The molecule has 1 aromatic carbocycles. The van der Waals surface area contributed by atoms with Crippen LogP contribution in [0.25, 0.3) is 11.0 Å². The van der Waals surface area contributed by atoms with Crippen LogP contribution in [0, 0.1) is 0 Å². The van der Waals surface area contributed by atoms with Crippen molar-refractivity contribution in [2.75, 3.05) is 14.2 Å². The summed E-state index contributed by atoms with van der Waals surface area (Å²) in [5.41, 5.74) is 7.39. The van der Waals surface area contributed by atoms with Gasteiger partial charge in [-0.2, -0.15) is 0 Å². The number of aromatic nitrogens is 2. The van der Waals surface area contributed by atoms with E-state index >= 15 is 0 Å². The summed E-state index contributed by atoms with van der Waals surface area (Å²) in [6.45, 7) is 3.53. The van der Waals surface area contributed by atoms with E-state index in [4.69, 9.17) is 15.2 Å².